The Morgan fingerprint density at radius 2 is 1.67 bits per heavy atom. The van der Waals surface area contributed by atoms with Crippen molar-refractivity contribution in [2.75, 3.05) is 6.61 Å². The van der Waals surface area contributed by atoms with Crippen LogP contribution in [-0.2, 0) is 9.47 Å². The number of nitro benzene ring substituents is 2. The number of nitro groups is 2. The van der Waals surface area contributed by atoms with Gasteiger partial charge in [-0.25, -0.2) is 5.43 Å². The van der Waals surface area contributed by atoms with E-state index >= 15 is 0 Å². The van der Waals surface area contributed by atoms with Gasteiger partial charge in [0.15, 0.2) is 12.1 Å². The number of benzene rings is 2. The molecule has 12 heteroatoms. The van der Waals surface area contributed by atoms with Gasteiger partial charge in [0, 0.05) is 35.4 Å². The lowest BCUT2D eigenvalue weighted by Gasteiger charge is -2.18. The van der Waals surface area contributed by atoms with Crippen molar-refractivity contribution in [2.24, 2.45) is 22.9 Å². The zero-order valence-electron chi connectivity index (χ0n) is 16.8. The third kappa shape index (κ3) is 3.64. The summed E-state index contributed by atoms with van der Waals surface area (Å²) in [5.41, 5.74) is 1.69. The Hall–Kier alpha value is -4.03. The van der Waals surface area contributed by atoms with Crippen LogP contribution in [0, 0.1) is 38.0 Å². The molecule has 2 saturated heterocycles. The molecule has 2 aromatic carbocycles. The predicted octanol–water partition coefficient (Wildman–Crippen LogP) is 2.09. The highest BCUT2D eigenvalue weighted by Crippen LogP contribution is 2.57. The molecule has 12 nitrogen and oxygen atoms in total. The molecule has 1 N–H and O–H groups in total. The molecule has 2 aromatic rings. The van der Waals surface area contributed by atoms with Crippen LogP contribution in [0.5, 0.6) is 0 Å². The maximum absolute atomic E-state index is 13.0. The summed E-state index contributed by atoms with van der Waals surface area (Å²) < 4.78 is 11.4. The fourth-order valence-corrected chi connectivity index (χ4v) is 4.49. The Morgan fingerprint density at radius 3 is 2.30 bits per heavy atom. The summed E-state index contributed by atoms with van der Waals surface area (Å²) in [4.78, 5) is 46.1. The lowest BCUT2D eigenvalue weighted by Crippen LogP contribution is -2.33. The van der Waals surface area contributed by atoms with E-state index in [-0.39, 0.29) is 35.2 Å². The van der Waals surface area contributed by atoms with Crippen molar-refractivity contribution in [3.63, 3.8) is 0 Å². The third-order valence-corrected chi connectivity index (χ3v) is 6.03. The first-order valence-electron chi connectivity index (χ1n) is 10.0. The number of nitrogens with zero attached hydrogens (tertiary/aromatic N) is 3. The van der Waals surface area contributed by atoms with E-state index in [4.69, 9.17) is 9.47 Å². The van der Waals surface area contributed by atoms with E-state index in [0.717, 1.165) is 18.2 Å². The Balaban J connectivity index is 1.39. The van der Waals surface area contributed by atoms with Crippen molar-refractivity contribution < 1.29 is 28.9 Å². The van der Waals surface area contributed by atoms with Gasteiger partial charge in [0.1, 0.15) is 0 Å². The Labute approximate surface area is 185 Å². The molecule has 3 aliphatic rings. The van der Waals surface area contributed by atoms with Gasteiger partial charge in [-0.1, -0.05) is 30.3 Å². The summed E-state index contributed by atoms with van der Waals surface area (Å²) in [5.74, 6) is -1.69. The summed E-state index contributed by atoms with van der Waals surface area (Å²) in [7, 11) is 0. The van der Waals surface area contributed by atoms with E-state index in [1.807, 2.05) is 6.07 Å². The number of hydrogen-bond donors (Lipinski definition) is 1. The van der Waals surface area contributed by atoms with Gasteiger partial charge in [0.25, 0.3) is 17.3 Å². The summed E-state index contributed by atoms with van der Waals surface area (Å²) in [6, 6.07) is 11.4. The largest absolute Gasteiger partial charge is 0.344 e. The molecule has 1 saturated carbocycles. The molecule has 2 aliphatic heterocycles. The minimum absolute atomic E-state index is 0.0462. The lowest BCUT2D eigenvalue weighted by molar-refractivity contribution is -0.394. The molecule has 5 rings (SSSR count). The Bertz CT molecular complexity index is 1180. The quantitative estimate of drug-likeness (QED) is 0.395. The van der Waals surface area contributed by atoms with Gasteiger partial charge in [-0.2, -0.15) is 5.10 Å². The van der Waals surface area contributed by atoms with E-state index in [9.17, 15) is 29.8 Å². The number of fused-ring (bicyclic) bond motifs is 4. The van der Waals surface area contributed by atoms with Crippen molar-refractivity contribution in [2.45, 2.75) is 12.4 Å². The second-order valence-electron chi connectivity index (χ2n) is 7.93. The number of ether oxygens (including phenoxy) is 2. The zero-order valence-corrected chi connectivity index (χ0v) is 16.8. The fraction of sp³-hybridized carbons (Fsp3) is 0.286. The molecule has 2 bridgehead atoms. The second-order valence-corrected chi connectivity index (χ2v) is 7.93. The van der Waals surface area contributed by atoms with Gasteiger partial charge in [0.2, 0.25) is 0 Å². The highest BCUT2D eigenvalue weighted by Gasteiger charge is 2.67. The van der Waals surface area contributed by atoms with Gasteiger partial charge in [-0.3, -0.25) is 29.8 Å². The molecular formula is C21H16N4O8. The molecule has 0 aromatic heterocycles. The molecule has 33 heavy (non-hydrogen) atoms. The summed E-state index contributed by atoms with van der Waals surface area (Å²) in [6.45, 7) is 0.300. The van der Waals surface area contributed by atoms with Crippen molar-refractivity contribution in [3.05, 3.63) is 79.9 Å². The smallest absolute Gasteiger partial charge is 0.277 e. The predicted molar refractivity (Wildman–Crippen MR) is 111 cm³/mol. The molecule has 1 amide bonds. The van der Waals surface area contributed by atoms with Crippen LogP contribution in [0.25, 0.3) is 0 Å². The number of nitrogens with one attached hydrogen (secondary N) is 1. The van der Waals surface area contributed by atoms with Crippen molar-refractivity contribution >= 4 is 28.8 Å². The van der Waals surface area contributed by atoms with Gasteiger partial charge in [0.05, 0.1) is 39.9 Å². The van der Waals surface area contributed by atoms with Crippen LogP contribution in [-0.4, -0.2) is 46.2 Å². The number of hydrazone groups is 1. The zero-order chi connectivity index (χ0) is 23.3. The van der Waals surface area contributed by atoms with Crippen LogP contribution in [0.2, 0.25) is 0 Å². The van der Waals surface area contributed by atoms with Gasteiger partial charge in [-0.15, -0.1) is 0 Å². The monoisotopic (exact) mass is 452 g/mol. The highest BCUT2D eigenvalue weighted by molar-refractivity contribution is 6.07. The standard InChI is InChI=1S/C21H16N4O8/c26-19(10-4-2-1-3-5-10)17-15-14-9-32-21(33-14)18(16(15)17)22-23-20(27)11-6-12(24(28)29)8-13(7-11)25(30)31/h1-8,14-17,21H,9H2,(H,23,27)/b22-18-/t14-,15-,16+,17?,21-/m1/s1. The van der Waals surface area contributed by atoms with E-state index < -0.39 is 33.4 Å². The number of amides is 1. The summed E-state index contributed by atoms with van der Waals surface area (Å²) in [6.07, 6.45) is -1.06. The Morgan fingerprint density at radius 1 is 1.00 bits per heavy atom. The molecule has 2 heterocycles. The second kappa shape index (κ2) is 7.83. The minimum atomic E-state index is -0.877. The third-order valence-electron chi connectivity index (χ3n) is 6.03. The SMILES string of the molecule is O=C(N/N=C1\[C@@H]2OC[C@@H](O2)[C@H]2C(C(=O)c3ccccc3)[C@@H]12)c1cc([N+](=O)[O-])cc([N+](=O)[O-])c1. The summed E-state index contributed by atoms with van der Waals surface area (Å²) >= 11 is 0. The van der Waals surface area contributed by atoms with Crippen molar-refractivity contribution in [1.82, 2.24) is 5.43 Å². The number of non-ortho nitro benzene ring substituents is 2. The number of Topliss-reactive ketones (excluding diaryl/α,β-unsaturated/α-hetero) is 1. The minimum Gasteiger partial charge on any atom is -0.344 e. The van der Waals surface area contributed by atoms with Crippen molar-refractivity contribution in [1.29, 1.82) is 0 Å². The van der Waals surface area contributed by atoms with Crippen LogP contribution in [0.3, 0.4) is 0 Å². The normalized spacial score (nSPS) is 28.1. The first kappa shape index (κ1) is 20.8. The average Bonchev–Trinajstić information content (AvgIpc) is 3.42. The van der Waals surface area contributed by atoms with Crippen LogP contribution in [0.4, 0.5) is 11.4 Å². The van der Waals surface area contributed by atoms with E-state index in [2.05, 4.69) is 10.5 Å². The first-order chi connectivity index (χ1) is 15.8. The Kier molecular flexibility index (Phi) is 4.95. The average molecular weight is 452 g/mol. The van der Waals surface area contributed by atoms with E-state index in [1.54, 1.807) is 24.3 Å². The van der Waals surface area contributed by atoms with Crippen molar-refractivity contribution in [3.8, 4) is 0 Å². The number of carbonyl (C=O) groups is 2. The van der Waals surface area contributed by atoms with E-state index in [1.165, 1.54) is 0 Å². The highest BCUT2D eigenvalue weighted by atomic mass is 16.7. The molecule has 3 fully saturated rings. The van der Waals surface area contributed by atoms with Gasteiger partial charge < -0.3 is 9.47 Å². The summed E-state index contributed by atoms with van der Waals surface area (Å²) in [5, 5.41) is 26.2. The number of carbonyl (C=O) groups excluding carboxylic acids is 2. The van der Waals surface area contributed by atoms with Crippen LogP contribution in [0.1, 0.15) is 20.7 Å². The first-order valence-corrected chi connectivity index (χ1v) is 10.0. The van der Waals surface area contributed by atoms with Gasteiger partial charge in [-0.05, 0) is 0 Å². The van der Waals surface area contributed by atoms with Crippen LogP contribution in [0.15, 0.2) is 53.6 Å². The maximum atomic E-state index is 13.0. The topological polar surface area (TPSA) is 163 Å². The number of ketones is 1. The molecule has 168 valence electrons. The molecule has 0 radical (unpaired) electrons. The van der Waals surface area contributed by atoms with Crippen LogP contribution < -0.4 is 5.43 Å². The van der Waals surface area contributed by atoms with Crippen LogP contribution >= 0.6 is 0 Å². The fourth-order valence-electron chi connectivity index (χ4n) is 4.49. The molecule has 1 unspecified atom stereocenters. The van der Waals surface area contributed by atoms with Gasteiger partial charge >= 0.3 is 0 Å². The number of rotatable bonds is 6. The maximum Gasteiger partial charge on any atom is 0.277 e. The number of hydrogen-bond acceptors (Lipinski definition) is 9. The molecule has 0 spiro atoms. The lowest BCUT2D eigenvalue weighted by atomic mass is 10.0. The molecule has 1 aliphatic carbocycles. The molecular weight excluding hydrogens is 436 g/mol. The molecule has 5 atom stereocenters. The van der Waals surface area contributed by atoms with E-state index in [0.29, 0.717) is 17.9 Å².